The highest BCUT2D eigenvalue weighted by Crippen LogP contribution is 2.42. The van der Waals surface area contributed by atoms with E-state index in [1.807, 2.05) is 13.0 Å². The molecule has 1 atom stereocenters. The van der Waals surface area contributed by atoms with Gasteiger partial charge in [0.25, 0.3) is 11.7 Å². The number of benzene rings is 2. The zero-order chi connectivity index (χ0) is 25.7. The van der Waals surface area contributed by atoms with Crippen molar-refractivity contribution < 1.29 is 24.2 Å². The van der Waals surface area contributed by atoms with Crippen LogP contribution < -0.4 is 9.47 Å². The first-order valence-corrected chi connectivity index (χ1v) is 11.8. The van der Waals surface area contributed by atoms with Crippen LogP contribution in [0.15, 0.2) is 85.2 Å². The van der Waals surface area contributed by atoms with Crippen molar-refractivity contribution in [2.75, 3.05) is 13.2 Å². The summed E-state index contributed by atoms with van der Waals surface area (Å²) in [5.41, 5.74) is 1.68. The predicted molar refractivity (Wildman–Crippen MR) is 137 cm³/mol. The topological polar surface area (TPSA) is 89.0 Å². The van der Waals surface area contributed by atoms with Gasteiger partial charge in [0.1, 0.15) is 12.4 Å². The number of hydrogen-bond donors (Lipinski definition) is 1. The molecule has 8 heteroatoms. The molecule has 184 valence electrons. The molecular formula is C28H25ClN2O5. The number of Topliss-reactive ketones (excluding diaryl/α,β-unsaturated/α-hetero) is 1. The van der Waals surface area contributed by atoms with Gasteiger partial charge in [-0.15, -0.1) is 0 Å². The summed E-state index contributed by atoms with van der Waals surface area (Å²) >= 11 is 6.00. The molecule has 1 saturated heterocycles. The second kappa shape index (κ2) is 11.1. The number of pyridine rings is 1. The molecule has 1 fully saturated rings. The number of rotatable bonds is 9. The van der Waals surface area contributed by atoms with Crippen molar-refractivity contribution in [2.24, 2.45) is 0 Å². The minimum atomic E-state index is -0.867. The minimum absolute atomic E-state index is 0.0200. The number of amides is 1. The third-order valence-corrected chi connectivity index (χ3v) is 5.93. The number of carbonyl (C=O) groups excluding carboxylic acids is 2. The Balaban J connectivity index is 1.87. The van der Waals surface area contributed by atoms with E-state index in [0.29, 0.717) is 34.3 Å². The van der Waals surface area contributed by atoms with Gasteiger partial charge in [-0.1, -0.05) is 36.4 Å². The summed E-state index contributed by atoms with van der Waals surface area (Å²) in [5, 5.41) is 11.7. The van der Waals surface area contributed by atoms with E-state index >= 15 is 0 Å². The number of ketones is 1. The molecule has 4 rings (SSSR count). The van der Waals surface area contributed by atoms with Gasteiger partial charge < -0.3 is 19.5 Å². The van der Waals surface area contributed by atoms with Crippen molar-refractivity contribution in [1.82, 2.24) is 9.88 Å². The van der Waals surface area contributed by atoms with Crippen molar-refractivity contribution in [1.29, 1.82) is 0 Å². The quantitative estimate of drug-likeness (QED) is 0.183. The molecule has 1 N–H and O–H groups in total. The molecule has 3 aromatic rings. The van der Waals surface area contributed by atoms with Crippen LogP contribution in [-0.2, 0) is 16.1 Å². The van der Waals surface area contributed by atoms with Crippen molar-refractivity contribution in [3.63, 3.8) is 0 Å². The lowest BCUT2D eigenvalue weighted by molar-refractivity contribution is -0.140. The van der Waals surface area contributed by atoms with Crippen molar-refractivity contribution in [2.45, 2.75) is 19.5 Å². The fourth-order valence-electron chi connectivity index (χ4n) is 4.07. The lowest BCUT2D eigenvalue weighted by Gasteiger charge is -2.26. The lowest BCUT2D eigenvalue weighted by Crippen LogP contribution is -2.29. The van der Waals surface area contributed by atoms with E-state index in [1.165, 1.54) is 4.90 Å². The Hall–Kier alpha value is -4.10. The molecule has 2 heterocycles. The first-order valence-electron chi connectivity index (χ1n) is 11.4. The highest BCUT2D eigenvalue weighted by Gasteiger charge is 2.46. The fraction of sp³-hybridized carbons (Fsp3) is 0.179. The van der Waals surface area contributed by atoms with Gasteiger partial charge in [-0.3, -0.25) is 14.6 Å². The van der Waals surface area contributed by atoms with Crippen molar-refractivity contribution >= 4 is 29.1 Å². The van der Waals surface area contributed by atoms with Crippen LogP contribution >= 0.6 is 11.6 Å². The maximum Gasteiger partial charge on any atom is 0.295 e. The summed E-state index contributed by atoms with van der Waals surface area (Å²) < 4.78 is 11.5. The van der Waals surface area contributed by atoms with Gasteiger partial charge in [0.05, 0.1) is 18.2 Å². The molecule has 0 aliphatic carbocycles. The van der Waals surface area contributed by atoms with Gasteiger partial charge in [0.2, 0.25) is 0 Å². The fourth-order valence-corrected chi connectivity index (χ4v) is 4.20. The largest absolute Gasteiger partial charge is 0.507 e. The normalized spacial score (nSPS) is 16.7. The number of halogens is 1. The van der Waals surface area contributed by atoms with E-state index in [-0.39, 0.29) is 24.5 Å². The third kappa shape index (κ3) is 5.11. The van der Waals surface area contributed by atoms with Crippen molar-refractivity contribution in [3.8, 4) is 11.5 Å². The summed E-state index contributed by atoms with van der Waals surface area (Å²) in [6, 6.07) is 14.3. The standard InChI is InChI=1S/C28H25ClN2O5/c1-3-14-36-22-12-9-20(15-23(22)35-4-2)25-24(26(32)19-7-10-21(29)11-8-19)27(33)28(34)31(25)17-18-6-5-13-30-16-18/h3,5-13,15-16,25,32H,1,4,14,17H2,2H3. The van der Waals surface area contributed by atoms with Crippen LogP contribution in [0.25, 0.3) is 5.76 Å². The SMILES string of the molecule is C=CCOc1ccc(C2C(=C(O)c3ccc(Cl)cc3)C(=O)C(=O)N2Cc2cccnc2)cc1OCC. The molecule has 0 radical (unpaired) electrons. The van der Waals surface area contributed by atoms with E-state index in [9.17, 15) is 14.7 Å². The highest BCUT2D eigenvalue weighted by atomic mass is 35.5. The molecule has 1 aliphatic rings. The average Bonchev–Trinajstić information content (AvgIpc) is 3.13. The molecule has 36 heavy (non-hydrogen) atoms. The van der Waals surface area contributed by atoms with Gasteiger partial charge in [0.15, 0.2) is 11.5 Å². The third-order valence-electron chi connectivity index (χ3n) is 5.67. The van der Waals surface area contributed by atoms with Crippen LogP contribution in [-0.4, -0.2) is 39.9 Å². The minimum Gasteiger partial charge on any atom is -0.507 e. The zero-order valence-corrected chi connectivity index (χ0v) is 20.4. The van der Waals surface area contributed by atoms with Crippen LogP contribution in [0.4, 0.5) is 0 Å². The van der Waals surface area contributed by atoms with E-state index in [2.05, 4.69) is 11.6 Å². The molecule has 7 nitrogen and oxygen atoms in total. The van der Waals surface area contributed by atoms with Crippen LogP contribution in [0, 0.1) is 0 Å². The average molecular weight is 505 g/mol. The Morgan fingerprint density at radius 1 is 1.14 bits per heavy atom. The van der Waals surface area contributed by atoms with Gasteiger partial charge in [-0.05, 0) is 60.5 Å². The highest BCUT2D eigenvalue weighted by molar-refractivity contribution is 6.46. The zero-order valence-electron chi connectivity index (χ0n) is 19.7. The number of ether oxygens (including phenoxy) is 2. The second-order valence-electron chi connectivity index (χ2n) is 8.03. The number of hydrogen-bond acceptors (Lipinski definition) is 6. The smallest absolute Gasteiger partial charge is 0.295 e. The van der Waals surface area contributed by atoms with E-state index < -0.39 is 17.7 Å². The summed E-state index contributed by atoms with van der Waals surface area (Å²) in [6.07, 6.45) is 4.89. The molecule has 0 saturated carbocycles. The Morgan fingerprint density at radius 3 is 2.58 bits per heavy atom. The summed E-state index contributed by atoms with van der Waals surface area (Å²) in [4.78, 5) is 32.1. The van der Waals surface area contributed by atoms with E-state index in [1.54, 1.807) is 67.0 Å². The number of aliphatic hydroxyl groups is 1. The Kier molecular flexibility index (Phi) is 7.71. The Labute approximate surface area is 214 Å². The van der Waals surface area contributed by atoms with Crippen LogP contribution in [0.1, 0.15) is 29.7 Å². The lowest BCUT2D eigenvalue weighted by atomic mass is 9.95. The van der Waals surface area contributed by atoms with Gasteiger partial charge in [0, 0.05) is 29.5 Å². The van der Waals surface area contributed by atoms with E-state index in [0.717, 1.165) is 5.56 Å². The Bertz CT molecular complexity index is 1310. The summed E-state index contributed by atoms with van der Waals surface area (Å²) in [5.74, 6) is -0.822. The first kappa shape index (κ1) is 25.0. The number of likely N-dealkylation sites (tertiary alicyclic amines) is 1. The van der Waals surface area contributed by atoms with Gasteiger partial charge in [-0.2, -0.15) is 0 Å². The summed E-state index contributed by atoms with van der Waals surface area (Å²) in [7, 11) is 0. The number of aromatic nitrogens is 1. The van der Waals surface area contributed by atoms with Crippen LogP contribution in [0.2, 0.25) is 5.02 Å². The number of carbonyl (C=O) groups is 2. The maximum absolute atomic E-state index is 13.3. The first-order chi connectivity index (χ1) is 17.4. The predicted octanol–water partition coefficient (Wildman–Crippen LogP) is 5.32. The number of aliphatic hydroxyl groups excluding tert-OH is 1. The van der Waals surface area contributed by atoms with Crippen LogP contribution in [0.5, 0.6) is 11.5 Å². The van der Waals surface area contributed by atoms with Crippen LogP contribution in [0.3, 0.4) is 0 Å². The molecule has 1 aliphatic heterocycles. The Morgan fingerprint density at radius 2 is 1.92 bits per heavy atom. The molecule has 2 aromatic carbocycles. The maximum atomic E-state index is 13.3. The second-order valence-corrected chi connectivity index (χ2v) is 8.47. The van der Waals surface area contributed by atoms with Crippen molar-refractivity contribution in [3.05, 3.63) is 107 Å². The molecule has 1 aromatic heterocycles. The molecule has 1 amide bonds. The molecule has 1 unspecified atom stereocenters. The molecule has 0 spiro atoms. The molecule has 0 bridgehead atoms. The summed E-state index contributed by atoms with van der Waals surface area (Å²) in [6.45, 7) is 6.31. The van der Waals surface area contributed by atoms with Gasteiger partial charge in [-0.25, -0.2) is 0 Å². The van der Waals surface area contributed by atoms with Gasteiger partial charge >= 0.3 is 0 Å². The monoisotopic (exact) mass is 504 g/mol. The number of nitrogens with zero attached hydrogens (tertiary/aromatic N) is 2. The van der Waals surface area contributed by atoms with E-state index in [4.69, 9.17) is 21.1 Å². The molecular weight excluding hydrogens is 480 g/mol.